The molecule has 2 unspecified atom stereocenters. The Hall–Kier alpha value is -1.89. The summed E-state index contributed by atoms with van der Waals surface area (Å²) in [5, 5.41) is 30.3. The molecule has 2 aromatic carbocycles. The molecule has 3 rings (SSSR count). The molecule has 1 N–H and O–H groups in total. The van der Waals surface area contributed by atoms with Gasteiger partial charge in [0.2, 0.25) is 0 Å². The van der Waals surface area contributed by atoms with Gasteiger partial charge in [-0.25, -0.2) is 0 Å². The minimum Gasteiger partial charge on any atom is -0.758 e. The van der Waals surface area contributed by atoms with Crippen molar-refractivity contribution in [1.29, 1.82) is 0 Å². The molecule has 0 spiro atoms. The number of benzene rings is 2. The minimum atomic E-state index is -0.0574. The summed E-state index contributed by atoms with van der Waals surface area (Å²) < 4.78 is 0. The Morgan fingerprint density at radius 3 is 1.65 bits per heavy atom. The first-order valence-corrected chi connectivity index (χ1v) is 9.91. The van der Waals surface area contributed by atoms with Gasteiger partial charge < -0.3 is 25.9 Å². The summed E-state index contributed by atoms with van der Waals surface area (Å²) in [4.78, 5) is 1.99. The van der Waals surface area contributed by atoms with Crippen LogP contribution < -0.4 is 15.4 Å². The van der Waals surface area contributed by atoms with Crippen LogP contribution in [0.3, 0.4) is 0 Å². The van der Waals surface area contributed by atoms with Gasteiger partial charge in [-0.3, -0.25) is 0 Å². The normalized spacial score (nSPS) is 14.7. The molecule has 0 fully saturated rings. The molecule has 2 aromatic rings. The molecular formula is C20H25N3O2S-2. The summed E-state index contributed by atoms with van der Waals surface area (Å²) in [5.41, 5.74) is 3.30. The van der Waals surface area contributed by atoms with Gasteiger partial charge in [-0.05, 0) is 63.1 Å². The average Bonchev–Trinajstić information content (AvgIpc) is 2.68. The average molecular weight is 372 g/mol. The maximum atomic E-state index is 12.4. The van der Waals surface area contributed by atoms with Gasteiger partial charge in [0.15, 0.2) is 0 Å². The second-order valence-electron chi connectivity index (χ2n) is 6.75. The molecule has 140 valence electrons. The highest BCUT2D eigenvalue weighted by Gasteiger charge is 2.18. The van der Waals surface area contributed by atoms with Crippen molar-refractivity contribution in [2.24, 2.45) is 0 Å². The number of rotatable bonds is 6. The van der Waals surface area contributed by atoms with E-state index in [4.69, 9.17) is 0 Å². The van der Waals surface area contributed by atoms with Crippen molar-refractivity contribution in [2.45, 2.75) is 62.4 Å². The molecule has 0 saturated carbocycles. The smallest absolute Gasteiger partial charge is 0.0527 e. The third-order valence-electron chi connectivity index (χ3n) is 4.91. The third-order valence-corrected chi connectivity index (χ3v) is 6.03. The molecule has 0 radical (unpaired) electrons. The number of nitrogens with zero attached hydrogens (tertiary/aromatic N) is 2. The van der Waals surface area contributed by atoms with Crippen LogP contribution in [0.1, 0.15) is 40.5 Å². The quantitative estimate of drug-likeness (QED) is 0.528. The lowest BCUT2D eigenvalue weighted by molar-refractivity contribution is 0.684. The fourth-order valence-corrected chi connectivity index (χ4v) is 3.83. The predicted molar refractivity (Wildman–Crippen MR) is 111 cm³/mol. The van der Waals surface area contributed by atoms with Gasteiger partial charge in [-0.2, -0.15) is 0 Å². The number of hydroxylamine groups is 2. The standard InChI is InChI=1S/C20H25N3O2S/c1-5-13(3)22(24)15-7-9-17-19(11-15)26-20-12-16(8-10-18(20)21-17)23(25)14(4)6-2/h7-14,21H,5-6H2,1-4H3/q-2. The maximum Gasteiger partial charge on any atom is 0.0527 e. The van der Waals surface area contributed by atoms with Crippen molar-refractivity contribution in [2.75, 3.05) is 15.4 Å². The molecule has 2 atom stereocenters. The molecule has 0 aliphatic carbocycles. The van der Waals surface area contributed by atoms with E-state index in [1.165, 1.54) is 0 Å². The molecule has 26 heavy (non-hydrogen) atoms. The fourth-order valence-electron chi connectivity index (χ4n) is 2.78. The van der Waals surface area contributed by atoms with Crippen LogP contribution in [-0.4, -0.2) is 12.1 Å². The molecule has 1 heterocycles. The van der Waals surface area contributed by atoms with Crippen LogP contribution in [0.4, 0.5) is 22.7 Å². The molecular weight excluding hydrogens is 346 g/mol. The Kier molecular flexibility index (Phi) is 5.65. The lowest BCUT2D eigenvalue weighted by atomic mass is 10.2. The molecule has 1 aliphatic heterocycles. The van der Waals surface area contributed by atoms with Crippen molar-refractivity contribution >= 4 is 34.5 Å². The van der Waals surface area contributed by atoms with Crippen LogP contribution in [-0.2, 0) is 0 Å². The Morgan fingerprint density at radius 2 is 1.27 bits per heavy atom. The van der Waals surface area contributed by atoms with Crippen LogP contribution in [0.25, 0.3) is 0 Å². The maximum absolute atomic E-state index is 12.4. The topological polar surface area (TPSA) is 64.6 Å². The van der Waals surface area contributed by atoms with Gasteiger partial charge in [-0.15, -0.1) is 0 Å². The van der Waals surface area contributed by atoms with Crippen molar-refractivity contribution in [3.8, 4) is 0 Å². The molecule has 0 saturated heterocycles. The largest absolute Gasteiger partial charge is 0.758 e. The molecule has 0 aromatic heterocycles. The molecule has 0 amide bonds. The Morgan fingerprint density at radius 1 is 0.846 bits per heavy atom. The first-order valence-electron chi connectivity index (χ1n) is 9.10. The molecule has 0 bridgehead atoms. The van der Waals surface area contributed by atoms with Crippen LogP contribution in [0.5, 0.6) is 0 Å². The molecule has 5 nitrogen and oxygen atoms in total. The number of hydrogen-bond acceptors (Lipinski definition) is 6. The van der Waals surface area contributed by atoms with E-state index in [1.807, 2.05) is 64.1 Å². The van der Waals surface area contributed by atoms with E-state index >= 15 is 0 Å². The first-order chi connectivity index (χ1) is 12.4. The highest BCUT2D eigenvalue weighted by molar-refractivity contribution is 7.99. The van der Waals surface area contributed by atoms with E-state index in [1.54, 1.807) is 11.8 Å². The zero-order valence-electron chi connectivity index (χ0n) is 15.7. The van der Waals surface area contributed by atoms with Gasteiger partial charge in [-0.1, -0.05) is 25.6 Å². The van der Waals surface area contributed by atoms with Crippen LogP contribution in [0.2, 0.25) is 0 Å². The monoisotopic (exact) mass is 371 g/mol. The van der Waals surface area contributed by atoms with E-state index in [-0.39, 0.29) is 12.1 Å². The van der Waals surface area contributed by atoms with E-state index in [9.17, 15) is 10.4 Å². The number of nitrogens with one attached hydrogen (secondary N) is 1. The number of hydrogen-bond donors (Lipinski definition) is 1. The SMILES string of the molecule is CCC(C)N([O-])c1ccc2c(c1)Sc1cc(N([O-])C(C)CC)ccc1N2. The van der Waals surface area contributed by atoms with E-state index < -0.39 is 0 Å². The second kappa shape index (κ2) is 7.78. The lowest BCUT2D eigenvalue weighted by Gasteiger charge is -2.38. The number of anilines is 4. The van der Waals surface area contributed by atoms with E-state index in [2.05, 4.69) is 5.32 Å². The molecule has 1 aliphatic rings. The summed E-state index contributed by atoms with van der Waals surface area (Å²) in [6, 6.07) is 11.3. The highest BCUT2D eigenvalue weighted by Crippen LogP contribution is 2.46. The Bertz CT molecular complexity index is 720. The lowest BCUT2D eigenvalue weighted by Crippen LogP contribution is -2.26. The second-order valence-corrected chi connectivity index (χ2v) is 7.84. The zero-order valence-corrected chi connectivity index (χ0v) is 16.5. The van der Waals surface area contributed by atoms with E-state index in [0.717, 1.165) is 44.1 Å². The highest BCUT2D eigenvalue weighted by atomic mass is 32.2. The third kappa shape index (κ3) is 3.63. The summed E-state index contributed by atoms with van der Waals surface area (Å²) >= 11 is 1.59. The summed E-state index contributed by atoms with van der Waals surface area (Å²) in [6.07, 6.45) is 1.60. The summed E-state index contributed by atoms with van der Waals surface area (Å²) in [6.45, 7) is 7.87. The van der Waals surface area contributed by atoms with Gasteiger partial charge >= 0.3 is 0 Å². The minimum absolute atomic E-state index is 0.0574. The number of fused-ring (bicyclic) bond motifs is 2. The van der Waals surface area contributed by atoms with Crippen LogP contribution in [0.15, 0.2) is 46.2 Å². The van der Waals surface area contributed by atoms with E-state index in [0.29, 0.717) is 11.4 Å². The van der Waals surface area contributed by atoms with Crippen LogP contribution in [0, 0.1) is 10.4 Å². The van der Waals surface area contributed by atoms with Gasteiger partial charge in [0, 0.05) is 33.2 Å². The van der Waals surface area contributed by atoms with Crippen molar-refractivity contribution in [3.63, 3.8) is 0 Å². The van der Waals surface area contributed by atoms with Gasteiger partial charge in [0.05, 0.1) is 11.4 Å². The van der Waals surface area contributed by atoms with Gasteiger partial charge in [0.1, 0.15) is 0 Å². The summed E-state index contributed by atoms with van der Waals surface area (Å²) in [5.74, 6) is 0. The van der Waals surface area contributed by atoms with Crippen molar-refractivity contribution in [1.82, 2.24) is 0 Å². The Balaban J connectivity index is 1.87. The van der Waals surface area contributed by atoms with Crippen LogP contribution >= 0.6 is 11.8 Å². The van der Waals surface area contributed by atoms with Crippen molar-refractivity contribution < 1.29 is 0 Å². The summed E-state index contributed by atoms with van der Waals surface area (Å²) in [7, 11) is 0. The van der Waals surface area contributed by atoms with Crippen molar-refractivity contribution in [3.05, 3.63) is 46.8 Å². The first kappa shape index (κ1) is 18.9. The predicted octanol–water partition coefficient (Wildman–Crippen LogP) is 6.10. The zero-order chi connectivity index (χ0) is 18.8. The van der Waals surface area contributed by atoms with Gasteiger partial charge in [0.25, 0.3) is 0 Å². The molecule has 6 heteroatoms. The Labute approximate surface area is 159 Å². The fraction of sp³-hybridized carbons (Fsp3) is 0.400.